The second-order valence-corrected chi connectivity index (χ2v) is 5.43. The van der Waals surface area contributed by atoms with Gasteiger partial charge in [0.1, 0.15) is 0 Å². The van der Waals surface area contributed by atoms with E-state index in [2.05, 4.69) is 17.3 Å². The van der Waals surface area contributed by atoms with Gasteiger partial charge in [0.05, 0.1) is 13.0 Å². The van der Waals surface area contributed by atoms with Crippen molar-refractivity contribution in [3.63, 3.8) is 0 Å². The van der Waals surface area contributed by atoms with Crippen molar-refractivity contribution in [3.05, 3.63) is 0 Å². The Labute approximate surface area is 117 Å². The van der Waals surface area contributed by atoms with Crippen LogP contribution in [0, 0.1) is 0 Å². The molecule has 112 valence electrons. The Morgan fingerprint density at radius 3 is 2.68 bits per heavy atom. The molecule has 0 bridgehead atoms. The predicted molar refractivity (Wildman–Crippen MR) is 78.2 cm³/mol. The van der Waals surface area contributed by atoms with E-state index in [9.17, 15) is 4.79 Å². The molecule has 4 nitrogen and oxygen atoms in total. The van der Waals surface area contributed by atoms with Gasteiger partial charge in [0.15, 0.2) is 0 Å². The summed E-state index contributed by atoms with van der Waals surface area (Å²) in [7, 11) is 2.24. The fraction of sp³-hybridized carbons (Fsp3) is 0.933. The van der Waals surface area contributed by atoms with Crippen LogP contribution in [0.2, 0.25) is 0 Å². The second-order valence-electron chi connectivity index (χ2n) is 5.43. The third kappa shape index (κ3) is 7.53. The topological polar surface area (TPSA) is 41.6 Å². The first-order chi connectivity index (χ1) is 9.24. The summed E-state index contributed by atoms with van der Waals surface area (Å²) in [5.41, 5.74) is 0. The Morgan fingerprint density at radius 1 is 1.26 bits per heavy atom. The Kier molecular flexibility index (Phi) is 8.84. The van der Waals surface area contributed by atoms with E-state index in [1.807, 2.05) is 6.92 Å². The SMILES string of the molecule is CCOC(=O)CCNCCCN(C)C1CCCCC1. The lowest BCUT2D eigenvalue weighted by Crippen LogP contribution is -2.35. The van der Waals surface area contributed by atoms with Gasteiger partial charge in [-0.1, -0.05) is 19.3 Å². The van der Waals surface area contributed by atoms with Crippen molar-refractivity contribution in [2.24, 2.45) is 0 Å². The molecule has 4 heteroatoms. The van der Waals surface area contributed by atoms with Crippen LogP contribution in [0.15, 0.2) is 0 Å². The monoisotopic (exact) mass is 270 g/mol. The first kappa shape index (κ1) is 16.4. The third-order valence-corrected chi connectivity index (χ3v) is 3.87. The Morgan fingerprint density at radius 2 is 2.00 bits per heavy atom. The molecular weight excluding hydrogens is 240 g/mol. The largest absolute Gasteiger partial charge is 0.466 e. The molecule has 0 spiro atoms. The number of hydrogen-bond acceptors (Lipinski definition) is 4. The highest BCUT2D eigenvalue weighted by atomic mass is 16.5. The maximum Gasteiger partial charge on any atom is 0.307 e. The van der Waals surface area contributed by atoms with Gasteiger partial charge in [-0.25, -0.2) is 0 Å². The molecule has 1 aliphatic carbocycles. The van der Waals surface area contributed by atoms with E-state index in [0.717, 1.165) is 32.1 Å². The highest BCUT2D eigenvalue weighted by Crippen LogP contribution is 2.21. The van der Waals surface area contributed by atoms with Gasteiger partial charge in [0.2, 0.25) is 0 Å². The summed E-state index contributed by atoms with van der Waals surface area (Å²) in [5.74, 6) is -0.102. The number of carbonyl (C=O) groups excluding carboxylic acids is 1. The van der Waals surface area contributed by atoms with Crippen molar-refractivity contribution >= 4 is 5.97 Å². The lowest BCUT2D eigenvalue weighted by Gasteiger charge is -2.31. The van der Waals surface area contributed by atoms with Gasteiger partial charge in [-0.3, -0.25) is 4.79 Å². The molecule has 0 heterocycles. The quantitative estimate of drug-likeness (QED) is 0.515. The minimum Gasteiger partial charge on any atom is -0.466 e. The van der Waals surface area contributed by atoms with Crippen molar-refractivity contribution < 1.29 is 9.53 Å². The molecule has 1 fully saturated rings. The van der Waals surface area contributed by atoms with Crippen molar-refractivity contribution in [2.75, 3.05) is 33.3 Å². The van der Waals surface area contributed by atoms with Crippen LogP contribution in [0.25, 0.3) is 0 Å². The fourth-order valence-corrected chi connectivity index (χ4v) is 2.71. The van der Waals surface area contributed by atoms with E-state index in [1.165, 1.54) is 32.1 Å². The number of nitrogens with one attached hydrogen (secondary N) is 1. The van der Waals surface area contributed by atoms with Crippen LogP contribution < -0.4 is 5.32 Å². The summed E-state index contributed by atoms with van der Waals surface area (Å²) >= 11 is 0. The Hall–Kier alpha value is -0.610. The number of ether oxygens (including phenoxy) is 1. The Bertz CT molecular complexity index is 240. The molecule has 0 radical (unpaired) electrons. The summed E-state index contributed by atoms with van der Waals surface area (Å²) in [6.45, 7) is 5.18. The lowest BCUT2D eigenvalue weighted by molar-refractivity contribution is -0.142. The Balaban J connectivity index is 1.93. The molecule has 0 amide bonds. The van der Waals surface area contributed by atoms with Crippen LogP contribution in [-0.2, 0) is 9.53 Å². The van der Waals surface area contributed by atoms with Crippen molar-refractivity contribution in [1.82, 2.24) is 10.2 Å². The maximum absolute atomic E-state index is 11.1. The molecular formula is C15H30N2O2. The van der Waals surface area contributed by atoms with E-state index in [-0.39, 0.29) is 5.97 Å². The van der Waals surface area contributed by atoms with Gasteiger partial charge in [-0.2, -0.15) is 0 Å². The average molecular weight is 270 g/mol. The zero-order valence-electron chi connectivity index (χ0n) is 12.6. The van der Waals surface area contributed by atoms with Gasteiger partial charge in [-0.15, -0.1) is 0 Å². The summed E-state index contributed by atoms with van der Waals surface area (Å²) in [5, 5.41) is 3.31. The van der Waals surface area contributed by atoms with Crippen LogP contribution in [-0.4, -0.2) is 50.2 Å². The second kappa shape index (κ2) is 10.2. The van der Waals surface area contributed by atoms with Gasteiger partial charge in [0, 0.05) is 12.6 Å². The first-order valence-electron chi connectivity index (χ1n) is 7.80. The van der Waals surface area contributed by atoms with Gasteiger partial charge in [-0.05, 0) is 46.3 Å². The molecule has 1 aliphatic rings. The molecule has 1 N–H and O–H groups in total. The van der Waals surface area contributed by atoms with Crippen LogP contribution in [0.4, 0.5) is 0 Å². The molecule has 0 aliphatic heterocycles. The van der Waals surface area contributed by atoms with Gasteiger partial charge in [0.25, 0.3) is 0 Å². The minimum atomic E-state index is -0.102. The molecule has 0 aromatic carbocycles. The van der Waals surface area contributed by atoms with E-state index < -0.39 is 0 Å². The van der Waals surface area contributed by atoms with Crippen molar-refractivity contribution in [1.29, 1.82) is 0 Å². The van der Waals surface area contributed by atoms with Crippen molar-refractivity contribution in [2.45, 2.75) is 57.9 Å². The minimum absolute atomic E-state index is 0.102. The summed E-state index contributed by atoms with van der Waals surface area (Å²) in [6.07, 6.45) is 8.57. The standard InChI is InChI=1S/C15H30N2O2/c1-3-19-15(18)10-12-16-11-7-13-17(2)14-8-5-4-6-9-14/h14,16H,3-13H2,1-2H3. The number of nitrogens with zero attached hydrogens (tertiary/aromatic N) is 1. The summed E-state index contributed by atoms with van der Waals surface area (Å²) < 4.78 is 4.88. The predicted octanol–water partition coefficient (Wildman–Crippen LogP) is 2.18. The number of rotatable bonds is 9. The number of hydrogen-bond donors (Lipinski definition) is 1. The zero-order chi connectivity index (χ0) is 13.9. The van der Waals surface area contributed by atoms with Crippen LogP contribution >= 0.6 is 0 Å². The molecule has 1 rings (SSSR count). The highest BCUT2D eigenvalue weighted by molar-refractivity contribution is 5.69. The van der Waals surface area contributed by atoms with E-state index >= 15 is 0 Å². The average Bonchev–Trinajstić information content (AvgIpc) is 2.43. The molecule has 19 heavy (non-hydrogen) atoms. The molecule has 0 unspecified atom stereocenters. The highest BCUT2D eigenvalue weighted by Gasteiger charge is 2.16. The third-order valence-electron chi connectivity index (χ3n) is 3.87. The van der Waals surface area contributed by atoms with Crippen LogP contribution in [0.1, 0.15) is 51.9 Å². The first-order valence-corrected chi connectivity index (χ1v) is 7.80. The molecule has 0 atom stereocenters. The normalized spacial score (nSPS) is 16.8. The van der Waals surface area contributed by atoms with Gasteiger partial charge < -0.3 is 15.0 Å². The molecule has 1 saturated carbocycles. The summed E-state index contributed by atoms with van der Waals surface area (Å²) in [4.78, 5) is 13.6. The lowest BCUT2D eigenvalue weighted by atomic mass is 9.94. The van der Waals surface area contributed by atoms with Crippen LogP contribution in [0.3, 0.4) is 0 Å². The number of esters is 1. The van der Waals surface area contributed by atoms with E-state index in [0.29, 0.717) is 13.0 Å². The molecule has 0 saturated heterocycles. The summed E-state index contributed by atoms with van der Waals surface area (Å²) in [6, 6.07) is 0.799. The zero-order valence-corrected chi connectivity index (χ0v) is 12.6. The fourth-order valence-electron chi connectivity index (χ4n) is 2.71. The smallest absolute Gasteiger partial charge is 0.307 e. The van der Waals surface area contributed by atoms with Crippen LogP contribution in [0.5, 0.6) is 0 Å². The number of carbonyl (C=O) groups is 1. The van der Waals surface area contributed by atoms with Crippen molar-refractivity contribution in [3.8, 4) is 0 Å². The van der Waals surface area contributed by atoms with E-state index in [1.54, 1.807) is 0 Å². The van der Waals surface area contributed by atoms with Gasteiger partial charge >= 0.3 is 5.97 Å². The molecule has 0 aromatic heterocycles. The molecule has 0 aromatic rings. The van der Waals surface area contributed by atoms with E-state index in [4.69, 9.17) is 4.74 Å². The maximum atomic E-state index is 11.1.